The third-order valence-corrected chi connectivity index (χ3v) is 3.68. The number of rotatable bonds is 4. The number of carbonyl (C=O) groups is 1. The van der Waals surface area contributed by atoms with Crippen molar-refractivity contribution >= 4 is 5.91 Å². The quantitative estimate of drug-likeness (QED) is 0.783. The number of carbonyl (C=O) groups excluding carboxylic acids is 1. The van der Waals surface area contributed by atoms with E-state index in [-0.39, 0.29) is 12.0 Å². The summed E-state index contributed by atoms with van der Waals surface area (Å²) < 4.78 is 10.8. The molecule has 1 amide bonds. The van der Waals surface area contributed by atoms with Crippen LogP contribution in [-0.4, -0.2) is 63.4 Å². The Bertz CT molecular complexity index is 265. The second kappa shape index (κ2) is 7.07. The van der Waals surface area contributed by atoms with Gasteiger partial charge in [0.2, 0.25) is 5.91 Å². The summed E-state index contributed by atoms with van der Waals surface area (Å²) >= 11 is 0. The predicted octanol–water partition coefficient (Wildman–Crippen LogP) is 0.250. The molecule has 2 saturated heterocycles. The van der Waals surface area contributed by atoms with Crippen molar-refractivity contribution in [1.82, 2.24) is 10.2 Å². The van der Waals surface area contributed by atoms with E-state index in [2.05, 4.69) is 5.32 Å². The van der Waals surface area contributed by atoms with Crippen molar-refractivity contribution in [2.75, 3.05) is 46.5 Å². The minimum absolute atomic E-state index is 0.0500. The summed E-state index contributed by atoms with van der Waals surface area (Å²) in [7, 11) is 1.72. The van der Waals surface area contributed by atoms with Gasteiger partial charge in [0.05, 0.1) is 25.7 Å². The van der Waals surface area contributed by atoms with Crippen LogP contribution in [-0.2, 0) is 14.3 Å². The number of hydrogen-bond acceptors (Lipinski definition) is 4. The van der Waals surface area contributed by atoms with E-state index in [0.29, 0.717) is 18.9 Å². The SMILES string of the molecule is COCC1CCCN(C(=O)CC2CNCCO2)C1. The summed E-state index contributed by atoms with van der Waals surface area (Å²) in [6.07, 6.45) is 2.81. The van der Waals surface area contributed by atoms with Crippen LogP contribution >= 0.6 is 0 Å². The van der Waals surface area contributed by atoms with Crippen LogP contribution in [0.5, 0.6) is 0 Å². The van der Waals surface area contributed by atoms with E-state index < -0.39 is 0 Å². The number of likely N-dealkylation sites (tertiary alicyclic amines) is 1. The minimum Gasteiger partial charge on any atom is -0.384 e. The molecule has 18 heavy (non-hydrogen) atoms. The highest BCUT2D eigenvalue weighted by Crippen LogP contribution is 2.18. The molecule has 2 aliphatic rings. The van der Waals surface area contributed by atoms with E-state index in [1.165, 1.54) is 6.42 Å². The number of nitrogens with zero attached hydrogens (tertiary/aromatic N) is 1. The first-order valence-corrected chi connectivity index (χ1v) is 6.88. The Morgan fingerprint density at radius 3 is 3.17 bits per heavy atom. The first-order chi connectivity index (χ1) is 8.79. The molecule has 2 aliphatic heterocycles. The van der Waals surface area contributed by atoms with E-state index >= 15 is 0 Å². The van der Waals surface area contributed by atoms with Crippen molar-refractivity contribution in [3.8, 4) is 0 Å². The molecule has 2 rings (SSSR count). The van der Waals surface area contributed by atoms with E-state index in [9.17, 15) is 4.79 Å². The molecule has 0 aliphatic carbocycles. The molecule has 5 nitrogen and oxygen atoms in total. The van der Waals surface area contributed by atoms with E-state index in [0.717, 1.165) is 39.2 Å². The van der Waals surface area contributed by atoms with Gasteiger partial charge in [-0.05, 0) is 18.8 Å². The molecule has 0 saturated carbocycles. The summed E-state index contributed by atoms with van der Waals surface area (Å²) in [4.78, 5) is 14.2. The first-order valence-electron chi connectivity index (χ1n) is 6.88. The van der Waals surface area contributed by atoms with E-state index in [4.69, 9.17) is 9.47 Å². The van der Waals surface area contributed by atoms with Crippen LogP contribution in [0.2, 0.25) is 0 Å². The Hall–Kier alpha value is -0.650. The standard InChI is InChI=1S/C13H24N2O3/c1-17-10-11-3-2-5-15(9-11)13(16)7-12-8-14-4-6-18-12/h11-12,14H,2-10H2,1H3. The molecule has 5 heteroatoms. The van der Waals surface area contributed by atoms with Gasteiger partial charge in [0.25, 0.3) is 0 Å². The maximum Gasteiger partial charge on any atom is 0.225 e. The van der Waals surface area contributed by atoms with Crippen molar-refractivity contribution in [2.24, 2.45) is 5.92 Å². The topological polar surface area (TPSA) is 50.8 Å². The van der Waals surface area contributed by atoms with Gasteiger partial charge in [-0.1, -0.05) is 0 Å². The number of amides is 1. The molecule has 0 radical (unpaired) electrons. The molecular weight excluding hydrogens is 232 g/mol. The van der Waals surface area contributed by atoms with Crippen LogP contribution < -0.4 is 5.32 Å². The summed E-state index contributed by atoms with van der Waals surface area (Å²) in [5, 5.41) is 3.26. The van der Waals surface area contributed by atoms with Crippen LogP contribution in [0.3, 0.4) is 0 Å². The highest BCUT2D eigenvalue weighted by Gasteiger charge is 2.26. The van der Waals surface area contributed by atoms with Crippen LogP contribution in [0.15, 0.2) is 0 Å². The van der Waals surface area contributed by atoms with Gasteiger partial charge in [0.15, 0.2) is 0 Å². The fourth-order valence-corrected chi connectivity index (χ4v) is 2.74. The van der Waals surface area contributed by atoms with Crippen LogP contribution in [0.25, 0.3) is 0 Å². The minimum atomic E-state index is 0.0500. The van der Waals surface area contributed by atoms with Gasteiger partial charge in [-0.3, -0.25) is 4.79 Å². The molecule has 0 spiro atoms. The number of methoxy groups -OCH3 is 1. The zero-order valence-electron chi connectivity index (χ0n) is 11.2. The molecule has 2 fully saturated rings. The lowest BCUT2D eigenvalue weighted by atomic mass is 9.98. The maximum atomic E-state index is 12.2. The lowest BCUT2D eigenvalue weighted by Gasteiger charge is -2.34. The highest BCUT2D eigenvalue weighted by molar-refractivity contribution is 5.76. The Labute approximate surface area is 109 Å². The van der Waals surface area contributed by atoms with E-state index in [1.807, 2.05) is 4.90 Å². The smallest absolute Gasteiger partial charge is 0.225 e. The molecule has 0 bridgehead atoms. The van der Waals surface area contributed by atoms with Gasteiger partial charge < -0.3 is 19.7 Å². The fourth-order valence-electron chi connectivity index (χ4n) is 2.74. The van der Waals surface area contributed by atoms with Gasteiger partial charge in [-0.2, -0.15) is 0 Å². The van der Waals surface area contributed by atoms with Crippen molar-refractivity contribution in [3.63, 3.8) is 0 Å². The molecule has 0 aromatic heterocycles. The second-order valence-corrected chi connectivity index (χ2v) is 5.20. The number of morpholine rings is 1. The second-order valence-electron chi connectivity index (χ2n) is 5.20. The first kappa shape index (κ1) is 13.8. The highest BCUT2D eigenvalue weighted by atomic mass is 16.5. The third kappa shape index (κ3) is 3.93. The lowest BCUT2D eigenvalue weighted by Crippen LogP contribution is -2.45. The number of piperidine rings is 1. The van der Waals surface area contributed by atoms with Gasteiger partial charge >= 0.3 is 0 Å². The molecular formula is C13H24N2O3. The molecule has 1 N–H and O–H groups in total. The molecule has 2 atom stereocenters. The van der Waals surface area contributed by atoms with E-state index in [1.54, 1.807) is 7.11 Å². The predicted molar refractivity (Wildman–Crippen MR) is 68.4 cm³/mol. The Balaban J connectivity index is 1.76. The number of ether oxygens (including phenoxy) is 2. The molecule has 104 valence electrons. The summed E-state index contributed by atoms with van der Waals surface area (Å²) in [5.41, 5.74) is 0. The molecule has 2 heterocycles. The van der Waals surface area contributed by atoms with Crippen molar-refractivity contribution in [3.05, 3.63) is 0 Å². The van der Waals surface area contributed by atoms with Crippen molar-refractivity contribution in [1.29, 1.82) is 0 Å². The van der Waals surface area contributed by atoms with Gasteiger partial charge in [0.1, 0.15) is 0 Å². The van der Waals surface area contributed by atoms with Gasteiger partial charge in [-0.25, -0.2) is 0 Å². The Morgan fingerprint density at radius 2 is 2.44 bits per heavy atom. The van der Waals surface area contributed by atoms with Crippen LogP contribution in [0.4, 0.5) is 0 Å². The molecule has 2 unspecified atom stereocenters. The summed E-state index contributed by atoms with van der Waals surface area (Å²) in [6, 6.07) is 0. The summed E-state index contributed by atoms with van der Waals surface area (Å²) in [5.74, 6) is 0.725. The van der Waals surface area contributed by atoms with Crippen LogP contribution in [0, 0.1) is 5.92 Å². The number of nitrogens with one attached hydrogen (secondary N) is 1. The third-order valence-electron chi connectivity index (χ3n) is 3.68. The average molecular weight is 256 g/mol. The zero-order valence-corrected chi connectivity index (χ0v) is 11.2. The lowest BCUT2D eigenvalue weighted by molar-refractivity contribution is -0.136. The zero-order chi connectivity index (χ0) is 12.8. The molecule has 0 aromatic carbocycles. The Morgan fingerprint density at radius 1 is 1.56 bits per heavy atom. The maximum absolute atomic E-state index is 12.2. The van der Waals surface area contributed by atoms with Crippen molar-refractivity contribution in [2.45, 2.75) is 25.4 Å². The summed E-state index contributed by atoms with van der Waals surface area (Å²) in [6.45, 7) is 4.88. The number of hydrogen-bond donors (Lipinski definition) is 1. The fraction of sp³-hybridized carbons (Fsp3) is 0.923. The largest absolute Gasteiger partial charge is 0.384 e. The normalized spacial score (nSPS) is 29.3. The van der Waals surface area contributed by atoms with Gasteiger partial charge in [0, 0.05) is 33.3 Å². The van der Waals surface area contributed by atoms with Crippen molar-refractivity contribution < 1.29 is 14.3 Å². The molecule has 0 aromatic rings. The van der Waals surface area contributed by atoms with Gasteiger partial charge in [-0.15, -0.1) is 0 Å². The Kier molecular flexibility index (Phi) is 5.41. The monoisotopic (exact) mass is 256 g/mol. The van der Waals surface area contributed by atoms with Crippen LogP contribution in [0.1, 0.15) is 19.3 Å². The average Bonchev–Trinajstić information content (AvgIpc) is 2.40.